The van der Waals surface area contributed by atoms with Crippen molar-refractivity contribution in [3.05, 3.63) is 41.1 Å². The van der Waals surface area contributed by atoms with Crippen LogP contribution in [0.25, 0.3) is 5.82 Å². The molecule has 0 fully saturated rings. The van der Waals surface area contributed by atoms with Gasteiger partial charge in [-0.3, -0.25) is 4.57 Å². The SMILES string of the molecule is O=[N+]([O-])n1ccc(-n2ccnc2)n1. The minimum Gasteiger partial charge on any atom is -0.339 e. The quantitative estimate of drug-likeness (QED) is 0.484. The molecule has 2 aromatic heterocycles. The van der Waals surface area contributed by atoms with Gasteiger partial charge in [-0.1, -0.05) is 0 Å². The second-order valence-electron chi connectivity index (χ2n) is 2.30. The van der Waals surface area contributed by atoms with E-state index in [2.05, 4.69) is 10.1 Å². The lowest BCUT2D eigenvalue weighted by atomic mass is 10.6. The number of imidazole rings is 1. The lowest BCUT2D eigenvalue weighted by Gasteiger charge is -1.88. The Balaban J connectivity index is 2.39. The van der Waals surface area contributed by atoms with Gasteiger partial charge in [-0.15, -0.1) is 0 Å². The van der Waals surface area contributed by atoms with Crippen LogP contribution in [0.1, 0.15) is 0 Å². The Hall–Kier alpha value is -2.18. The molecule has 0 saturated carbocycles. The molecule has 0 amide bonds. The number of aromatic nitrogens is 4. The van der Waals surface area contributed by atoms with Crippen LogP contribution in [0.5, 0.6) is 0 Å². The molecule has 0 aromatic carbocycles. The molecule has 0 unspecified atom stereocenters. The molecule has 7 heteroatoms. The van der Waals surface area contributed by atoms with E-state index >= 15 is 0 Å². The van der Waals surface area contributed by atoms with E-state index in [1.165, 1.54) is 18.6 Å². The Bertz CT molecular complexity index is 418. The molecular formula is C6H5N5O2. The first kappa shape index (κ1) is 7.47. The molecule has 0 aliphatic carbocycles. The van der Waals surface area contributed by atoms with Gasteiger partial charge in [0.2, 0.25) is 0 Å². The van der Waals surface area contributed by atoms with Gasteiger partial charge in [-0.25, -0.2) is 4.98 Å². The van der Waals surface area contributed by atoms with Crippen LogP contribution in [0.15, 0.2) is 31.0 Å². The van der Waals surface area contributed by atoms with Gasteiger partial charge in [0, 0.05) is 23.3 Å². The molecule has 0 N–H and O–H groups in total. The molecule has 0 saturated heterocycles. The van der Waals surface area contributed by atoms with Gasteiger partial charge in [0.1, 0.15) is 12.5 Å². The minimum absolute atomic E-state index is 0.467. The van der Waals surface area contributed by atoms with Crippen LogP contribution in [0.2, 0.25) is 0 Å². The highest BCUT2D eigenvalue weighted by atomic mass is 16.7. The first-order valence-electron chi connectivity index (χ1n) is 3.46. The Morgan fingerprint density at radius 2 is 2.31 bits per heavy atom. The van der Waals surface area contributed by atoms with Crippen molar-refractivity contribution in [2.45, 2.75) is 0 Å². The van der Waals surface area contributed by atoms with E-state index in [-0.39, 0.29) is 0 Å². The molecule has 2 heterocycles. The summed E-state index contributed by atoms with van der Waals surface area (Å²) in [5, 5.41) is 13.3. The Morgan fingerprint density at radius 1 is 1.46 bits per heavy atom. The zero-order valence-corrected chi connectivity index (χ0v) is 6.44. The van der Waals surface area contributed by atoms with Crippen molar-refractivity contribution >= 4 is 0 Å². The zero-order valence-electron chi connectivity index (χ0n) is 6.44. The first-order chi connectivity index (χ1) is 6.27. The van der Waals surface area contributed by atoms with Crippen LogP contribution < -0.4 is 0 Å². The van der Waals surface area contributed by atoms with Gasteiger partial charge in [0.25, 0.3) is 5.82 Å². The number of rotatable bonds is 2. The lowest BCUT2D eigenvalue weighted by molar-refractivity contribution is -0.552. The van der Waals surface area contributed by atoms with Crippen molar-refractivity contribution in [3.8, 4) is 5.82 Å². The first-order valence-corrected chi connectivity index (χ1v) is 3.46. The summed E-state index contributed by atoms with van der Waals surface area (Å²) < 4.78 is 1.58. The topological polar surface area (TPSA) is 78.8 Å². The number of nitrogens with zero attached hydrogens (tertiary/aromatic N) is 5. The fraction of sp³-hybridized carbons (Fsp3) is 0. The smallest absolute Gasteiger partial charge is 0.280 e. The molecule has 0 radical (unpaired) electrons. The van der Waals surface area contributed by atoms with Gasteiger partial charge < -0.3 is 10.1 Å². The molecule has 0 bridgehead atoms. The summed E-state index contributed by atoms with van der Waals surface area (Å²) in [4.78, 5) is 14.7. The predicted molar refractivity (Wildman–Crippen MR) is 41.7 cm³/mol. The van der Waals surface area contributed by atoms with Crippen molar-refractivity contribution in [2.24, 2.45) is 0 Å². The monoisotopic (exact) mass is 179 g/mol. The highest BCUT2D eigenvalue weighted by Gasteiger charge is 2.09. The fourth-order valence-electron chi connectivity index (χ4n) is 0.928. The van der Waals surface area contributed by atoms with Crippen LogP contribution in [-0.4, -0.2) is 24.5 Å². The molecule has 2 rings (SSSR count). The van der Waals surface area contributed by atoms with E-state index in [9.17, 15) is 10.1 Å². The molecular weight excluding hydrogens is 174 g/mol. The highest BCUT2D eigenvalue weighted by Crippen LogP contribution is 2.01. The van der Waals surface area contributed by atoms with Crippen molar-refractivity contribution in [1.82, 2.24) is 19.4 Å². The summed E-state index contributed by atoms with van der Waals surface area (Å²) in [6.45, 7) is 0. The summed E-state index contributed by atoms with van der Waals surface area (Å²) in [5.74, 6) is 0.467. The molecule has 7 nitrogen and oxygen atoms in total. The Kier molecular flexibility index (Phi) is 1.55. The second-order valence-corrected chi connectivity index (χ2v) is 2.30. The van der Waals surface area contributed by atoms with E-state index in [4.69, 9.17) is 0 Å². The van der Waals surface area contributed by atoms with Crippen molar-refractivity contribution in [3.63, 3.8) is 0 Å². The van der Waals surface area contributed by atoms with Crippen molar-refractivity contribution < 1.29 is 5.03 Å². The van der Waals surface area contributed by atoms with Crippen LogP contribution in [0.3, 0.4) is 0 Å². The summed E-state index contributed by atoms with van der Waals surface area (Å²) in [6, 6.07) is 1.53. The maximum Gasteiger partial charge on any atom is 0.280 e. The lowest BCUT2D eigenvalue weighted by Crippen LogP contribution is -2.09. The van der Waals surface area contributed by atoms with E-state index in [0.717, 1.165) is 0 Å². The largest absolute Gasteiger partial charge is 0.339 e. The van der Waals surface area contributed by atoms with Crippen molar-refractivity contribution in [1.29, 1.82) is 0 Å². The van der Waals surface area contributed by atoms with Crippen LogP contribution >= 0.6 is 0 Å². The van der Waals surface area contributed by atoms with Crippen LogP contribution in [0, 0.1) is 10.1 Å². The molecule has 2 aromatic rings. The molecule has 13 heavy (non-hydrogen) atoms. The third kappa shape index (κ3) is 1.26. The highest BCUT2D eigenvalue weighted by molar-refractivity contribution is 5.18. The van der Waals surface area contributed by atoms with Gasteiger partial charge in [-0.05, 0) is 0 Å². The van der Waals surface area contributed by atoms with E-state index < -0.39 is 5.03 Å². The summed E-state index contributed by atoms with van der Waals surface area (Å²) in [7, 11) is 0. The number of nitro groups is 1. The van der Waals surface area contributed by atoms with Crippen LogP contribution in [0.4, 0.5) is 0 Å². The van der Waals surface area contributed by atoms with Crippen LogP contribution in [-0.2, 0) is 0 Å². The Labute approximate surface area is 72.4 Å². The third-order valence-corrected chi connectivity index (χ3v) is 1.50. The summed E-state index contributed by atoms with van der Waals surface area (Å²) >= 11 is 0. The second kappa shape index (κ2) is 2.70. The zero-order chi connectivity index (χ0) is 9.26. The van der Waals surface area contributed by atoms with Gasteiger partial charge in [-0.2, -0.15) is 0 Å². The number of hydrogen-bond donors (Lipinski definition) is 0. The molecule has 0 aliphatic heterocycles. The minimum atomic E-state index is -0.611. The molecule has 0 spiro atoms. The average molecular weight is 179 g/mol. The van der Waals surface area contributed by atoms with E-state index in [1.54, 1.807) is 17.0 Å². The van der Waals surface area contributed by atoms with E-state index in [0.29, 0.717) is 10.6 Å². The summed E-state index contributed by atoms with van der Waals surface area (Å²) in [5.41, 5.74) is 0. The molecule has 0 aliphatic rings. The van der Waals surface area contributed by atoms with Gasteiger partial charge in [0.15, 0.2) is 0 Å². The maximum atomic E-state index is 10.3. The van der Waals surface area contributed by atoms with Gasteiger partial charge >= 0.3 is 0 Å². The Morgan fingerprint density at radius 3 is 2.85 bits per heavy atom. The number of hydrogen-bond acceptors (Lipinski definition) is 4. The maximum absolute atomic E-state index is 10.3. The standard InChI is InChI=1S/C6H5N5O2/c12-11(13)10-3-1-6(8-10)9-4-2-7-5-9/h1-5H. The third-order valence-electron chi connectivity index (χ3n) is 1.50. The molecule has 66 valence electrons. The predicted octanol–water partition coefficient (Wildman–Crippen LogP) is 0.109. The van der Waals surface area contributed by atoms with E-state index in [1.807, 2.05) is 0 Å². The fourth-order valence-corrected chi connectivity index (χ4v) is 0.928. The van der Waals surface area contributed by atoms with Gasteiger partial charge in [0.05, 0.1) is 10.1 Å². The van der Waals surface area contributed by atoms with Crippen molar-refractivity contribution in [2.75, 3.05) is 0 Å². The molecule has 0 atom stereocenters. The summed E-state index contributed by atoms with van der Waals surface area (Å²) in [6.07, 6.45) is 6.03. The average Bonchev–Trinajstić information content (AvgIpc) is 2.75. The normalized spacial score (nSPS) is 10.2.